The first-order valence-corrected chi connectivity index (χ1v) is 7.39. The number of aromatic nitrogens is 6. The van der Waals surface area contributed by atoms with Gasteiger partial charge >= 0.3 is 5.69 Å². The third kappa shape index (κ3) is 2.17. The van der Waals surface area contributed by atoms with Gasteiger partial charge in [-0.15, -0.1) is 10.2 Å². The fourth-order valence-electron chi connectivity index (χ4n) is 2.11. The molecule has 0 N–H and O–H groups in total. The van der Waals surface area contributed by atoms with Gasteiger partial charge in [-0.05, 0) is 19.1 Å². The van der Waals surface area contributed by atoms with Gasteiger partial charge in [-0.2, -0.15) is 14.7 Å². The Morgan fingerprint density at radius 3 is 3.00 bits per heavy atom. The van der Waals surface area contributed by atoms with Crippen LogP contribution in [0, 0.1) is 10.1 Å². The van der Waals surface area contributed by atoms with Crippen molar-refractivity contribution in [1.29, 1.82) is 0 Å². The van der Waals surface area contributed by atoms with Crippen LogP contribution in [-0.2, 0) is 0 Å². The lowest BCUT2D eigenvalue weighted by Gasteiger charge is -2.06. The summed E-state index contributed by atoms with van der Waals surface area (Å²) < 4.78 is 8.41. The zero-order chi connectivity index (χ0) is 16.0. The Bertz CT molecular complexity index is 984. The van der Waals surface area contributed by atoms with Crippen LogP contribution in [0.25, 0.3) is 16.5 Å². The van der Waals surface area contributed by atoms with Crippen molar-refractivity contribution in [2.45, 2.75) is 13.0 Å². The normalized spacial score (nSPS) is 12.7. The average molecular weight is 331 g/mol. The first-order valence-electron chi connectivity index (χ1n) is 6.58. The average Bonchev–Trinajstić information content (AvgIpc) is 3.27. The zero-order valence-electron chi connectivity index (χ0n) is 11.7. The molecule has 10 nitrogen and oxygen atoms in total. The van der Waals surface area contributed by atoms with E-state index in [1.807, 2.05) is 6.92 Å². The highest BCUT2D eigenvalue weighted by molar-refractivity contribution is 7.16. The molecule has 0 radical (unpaired) electrons. The van der Waals surface area contributed by atoms with Gasteiger partial charge in [0.05, 0.1) is 11.2 Å². The first-order chi connectivity index (χ1) is 11.1. The van der Waals surface area contributed by atoms with Crippen molar-refractivity contribution in [1.82, 2.24) is 29.6 Å². The molecule has 23 heavy (non-hydrogen) atoms. The van der Waals surface area contributed by atoms with Crippen molar-refractivity contribution >= 4 is 22.0 Å². The SMILES string of the molecule is C[C@@H](c1nn2c(-c3ccco3)nnc2s1)n1cc([N+](=O)[O-])cn1. The molecule has 116 valence electrons. The number of furan rings is 1. The number of nitro groups is 1. The van der Waals surface area contributed by atoms with E-state index in [4.69, 9.17) is 4.42 Å². The van der Waals surface area contributed by atoms with Gasteiger partial charge in [0.15, 0.2) is 5.76 Å². The summed E-state index contributed by atoms with van der Waals surface area (Å²) in [5, 5.41) is 28.1. The largest absolute Gasteiger partial charge is 0.461 e. The van der Waals surface area contributed by atoms with Crippen molar-refractivity contribution in [3.8, 4) is 11.6 Å². The number of rotatable bonds is 4. The van der Waals surface area contributed by atoms with Gasteiger partial charge in [0.2, 0.25) is 10.8 Å². The van der Waals surface area contributed by atoms with Crippen LogP contribution in [-0.4, -0.2) is 34.5 Å². The first kappa shape index (κ1) is 13.6. The van der Waals surface area contributed by atoms with Crippen LogP contribution in [0.15, 0.2) is 35.2 Å². The minimum Gasteiger partial charge on any atom is -0.461 e. The van der Waals surface area contributed by atoms with Crippen molar-refractivity contribution in [2.24, 2.45) is 0 Å². The Labute approximate surface area is 132 Å². The van der Waals surface area contributed by atoms with E-state index in [-0.39, 0.29) is 11.7 Å². The number of nitrogens with zero attached hydrogens (tertiary/aromatic N) is 7. The second kappa shape index (κ2) is 4.98. The lowest BCUT2D eigenvalue weighted by atomic mass is 10.4. The molecule has 0 saturated carbocycles. The third-order valence-corrected chi connectivity index (χ3v) is 4.37. The molecule has 0 aliphatic carbocycles. The molecule has 0 unspecified atom stereocenters. The monoisotopic (exact) mass is 331 g/mol. The summed E-state index contributed by atoms with van der Waals surface area (Å²) in [5.74, 6) is 1.07. The molecule has 0 aliphatic heterocycles. The Balaban J connectivity index is 1.72. The fraction of sp³-hybridized carbons (Fsp3) is 0.167. The molecular formula is C12H9N7O3S. The Morgan fingerprint density at radius 2 is 2.30 bits per heavy atom. The van der Waals surface area contributed by atoms with Crippen LogP contribution in [0.3, 0.4) is 0 Å². The van der Waals surface area contributed by atoms with Gasteiger partial charge in [0, 0.05) is 0 Å². The van der Waals surface area contributed by atoms with E-state index < -0.39 is 4.92 Å². The molecule has 0 aliphatic rings. The summed E-state index contributed by atoms with van der Waals surface area (Å²) in [6.45, 7) is 1.86. The summed E-state index contributed by atoms with van der Waals surface area (Å²) >= 11 is 1.34. The second-order valence-electron chi connectivity index (χ2n) is 4.75. The number of fused-ring (bicyclic) bond motifs is 1. The van der Waals surface area contributed by atoms with Crippen LogP contribution in [0.5, 0.6) is 0 Å². The highest BCUT2D eigenvalue weighted by Gasteiger charge is 2.21. The molecule has 4 aromatic heterocycles. The molecule has 4 rings (SSSR count). The highest BCUT2D eigenvalue weighted by atomic mass is 32.1. The molecule has 4 aromatic rings. The molecule has 0 bridgehead atoms. The van der Waals surface area contributed by atoms with E-state index in [0.29, 0.717) is 21.6 Å². The second-order valence-corrected chi connectivity index (χ2v) is 5.73. The Hall–Kier alpha value is -3.08. The predicted molar refractivity (Wildman–Crippen MR) is 79.1 cm³/mol. The molecule has 0 spiro atoms. The highest BCUT2D eigenvalue weighted by Crippen LogP contribution is 2.27. The fourth-order valence-corrected chi connectivity index (χ4v) is 2.99. The van der Waals surface area contributed by atoms with Crippen LogP contribution in [0.4, 0.5) is 5.69 Å². The smallest absolute Gasteiger partial charge is 0.307 e. The molecular weight excluding hydrogens is 322 g/mol. The molecule has 0 amide bonds. The van der Waals surface area contributed by atoms with E-state index >= 15 is 0 Å². The third-order valence-electron chi connectivity index (χ3n) is 3.30. The van der Waals surface area contributed by atoms with E-state index in [0.717, 1.165) is 0 Å². The summed E-state index contributed by atoms with van der Waals surface area (Å²) in [4.78, 5) is 10.9. The Kier molecular flexibility index (Phi) is 2.94. The Morgan fingerprint density at radius 1 is 1.43 bits per heavy atom. The van der Waals surface area contributed by atoms with E-state index in [2.05, 4.69) is 20.4 Å². The van der Waals surface area contributed by atoms with Gasteiger partial charge in [0.1, 0.15) is 23.4 Å². The van der Waals surface area contributed by atoms with E-state index in [1.165, 1.54) is 28.4 Å². The van der Waals surface area contributed by atoms with Crippen molar-refractivity contribution in [3.63, 3.8) is 0 Å². The predicted octanol–water partition coefficient (Wildman–Crippen LogP) is 2.16. The van der Waals surface area contributed by atoms with Crippen LogP contribution < -0.4 is 0 Å². The minimum atomic E-state index is -0.482. The lowest BCUT2D eigenvalue weighted by Crippen LogP contribution is -2.07. The topological polar surface area (TPSA) is 117 Å². The van der Waals surface area contributed by atoms with Crippen LogP contribution >= 0.6 is 11.3 Å². The minimum absolute atomic E-state index is 0.0591. The van der Waals surface area contributed by atoms with E-state index in [1.54, 1.807) is 22.9 Å². The summed E-state index contributed by atoms with van der Waals surface area (Å²) in [6.07, 6.45) is 4.14. The maximum absolute atomic E-state index is 10.8. The molecule has 4 heterocycles. The number of hydrogen-bond donors (Lipinski definition) is 0. The maximum atomic E-state index is 10.8. The molecule has 11 heteroatoms. The van der Waals surface area contributed by atoms with E-state index in [9.17, 15) is 10.1 Å². The maximum Gasteiger partial charge on any atom is 0.307 e. The van der Waals surface area contributed by atoms with Crippen molar-refractivity contribution in [2.75, 3.05) is 0 Å². The zero-order valence-corrected chi connectivity index (χ0v) is 12.5. The molecule has 0 saturated heterocycles. The van der Waals surface area contributed by atoms with Crippen molar-refractivity contribution in [3.05, 3.63) is 45.9 Å². The van der Waals surface area contributed by atoms with Crippen LogP contribution in [0.1, 0.15) is 18.0 Å². The summed E-state index contributed by atoms with van der Waals surface area (Å²) in [5.41, 5.74) is -0.0591. The van der Waals surface area contributed by atoms with Crippen molar-refractivity contribution < 1.29 is 9.34 Å². The summed E-state index contributed by atoms with van der Waals surface area (Å²) in [7, 11) is 0. The van der Waals surface area contributed by atoms with Crippen LogP contribution in [0.2, 0.25) is 0 Å². The standard InChI is InChI=1S/C12H9N7O3S/c1-7(17-6-8(5-13-17)19(20)21)11-16-18-10(9-3-2-4-22-9)14-15-12(18)23-11/h2-7H,1H3/t7-/m0/s1. The van der Waals surface area contributed by atoms with Gasteiger partial charge in [0.25, 0.3) is 0 Å². The van der Waals surface area contributed by atoms with Gasteiger partial charge in [-0.1, -0.05) is 11.3 Å². The van der Waals surface area contributed by atoms with Gasteiger partial charge < -0.3 is 4.42 Å². The van der Waals surface area contributed by atoms with Gasteiger partial charge in [-0.3, -0.25) is 14.8 Å². The van der Waals surface area contributed by atoms with Gasteiger partial charge in [-0.25, -0.2) is 0 Å². The molecule has 1 atom stereocenters. The number of hydrogen-bond acceptors (Lipinski definition) is 8. The quantitative estimate of drug-likeness (QED) is 0.415. The molecule has 0 aromatic carbocycles. The lowest BCUT2D eigenvalue weighted by molar-refractivity contribution is -0.385. The molecule has 0 fully saturated rings. The summed E-state index contributed by atoms with van der Waals surface area (Å²) in [6, 6.07) is 3.27.